The summed E-state index contributed by atoms with van der Waals surface area (Å²) in [6.07, 6.45) is 0. The molecule has 0 atom stereocenters. The molecule has 0 aliphatic carbocycles. The van der Waals surface area contributed by atoms with Crippen LogP contribution in [0.15, 0.2) is 42.5 Å². The number of halogens is 1. The maximum Gasteiger partial charge on any atom is 0.257 e. The van der Waals surface area contributed by atoms with Crippen molar-refractivity contribution >= 4 is 40.5 Å². The predicted octanol–water partition coefficient (Wildman–Crippen LogP) is 4.08. The minimum absolute atomic E-state index is 0.228. The highest BCUT2D eigenvalue weighted by Crippen LogP contribution is 2.13. The molecule has 0 fully saturated rings. The molecular formula is C16H15ClN2OS. The summed E-state index contributed by atoms with van der Waals surface area (Å²) in [5.74, 6) is -0.228. The van der Waals surface area contributed by atoms with Crippen LogP contribution in [0.4, 0.5) is 5.69 Å². The number of nitrogens with one attached hydrogen (secondary N) is 2. The van der Waals surface area contributed by atoms with Crippen LogP contribution in [0.1, 0.15) is 21.5 Å². The summed E-state index contributed by atoms with van der Waals surface area (Å²) >= 11 is 10.9. The lowest BCUT2D eigenvalue weighted by molar-refractivity contribution is 0.0977. The van der Waals surface area contributed by atoms with Gasteiger partial charge < -0.3 is 5.32 Å². The van der Waals surface area contributed by atoms with Crippen LogP contribution in [0, 0.1) is 13.8 Å². The molecule has 0 bridgehead atoms. The van der Waals surface area contributed by atoms with E-state index in [1.165, 1.54) is 0 Å². The van der Waals surface area contributed by atoms with Crippen LogP contribution in [0.3, 0.4) is 0 Å². The number of carbonyl (C=O) groups is 1. The molecule has 3 nitrogen and oxygen atoms in total. The number of anilines is 1. The molecule has 0 spiro atoms. The van der Waals surface area contributed by atoms with Crippen LogP contribution >= 0.6 is 23.8 Å². The molecule has 5 heteroatoms. The van der Waals surface area contributed by atoms with Gasteiger partial charge in [0.25, 0.3) is 5.91 Å². The van der Waals surface area contributed by atoms with Crippen molar-refractivity contribution in [1.82, 2.24) is 5.32 Å². The van der Waals surface area contributed by atoms with E-state index >= 15 is 0 Å². The second-order valence-electron chi connectivity index (χ2n) is 4.79. The molecule has 0 saturated carbocycles. The van der Waals surface area contributed by atoms with Gasteiger partial charge in [0.1, 0.15) is 0 Å². The van der Waals surface area contributed by atoms with Gasteiger partial charge in [-0.2, -0.15) is 0 Å². The van der Waals surface area contributed by atoms with Gasteiger partial charge in [0.15, 0.2) is 5.11 Å². The maximum absolute atomic E-state index is 12.1. The second kappa shape index (κ2) is 6.70. The van der Waals surface area contributed by atoms with Gasteiger partial charge in [-0.3, -0.25) is 10.1 Å². The van der Waals surface area contributed by atoms with E-state index in [0.717, 1.165) is 16.8 Å². The van der Waals surface area contributed by atoms with Crippen molar-refractivity contribution in [3.63, 3.8) is 0 Å². The van der Waals surface area contributed by atoms with Crippen LogP contribution in [0.5, 0.6) is 0 Å². The Labute approximate surface area is 134 Å². The Morgan fingerprint density at radius 2 is 1.62 bits per heavy atom. The molecule has 0 aliphatic rings. The Morgan fingerprint density at radius 1 is 1.05 bits per heavy atom. The van der Waals surface area contributed by atoms with Crippen molar-refractivity contribution in [1.29, 1.82) is 0 Å². The zero-order chi connectivity index (χ0) is 15.4. The first-order valence-electron chi connectivity index (χ1n) is 6.40. The number of hydrogen-bond donors (Lipinski definition) is 2. The van der Waals surface area contributed by atoms with E-state index in [1.54, 1.807) is 24.3 Å². The Bertz CT molecular complexity index is 663. The quantitative estimate of drug-likeness (QED) is 0.820. The molecule has 2 rings (SSSR count). The van der Waals surface area contributed by atoms with Crippen molar-refractivity contribution in [2.24, 2.45) is 0 Å². The molecule has 0 unspecified atom stereocenters. The van der Waals surface area contributed by atoms with E-state index in [-0.39, 0.29) is 11.0 Å². The van der Waals surface area contributed by atoms with E-state index in [4.69, 9.17) is 23.8 Å². The molecule has 108 valence electrons. The lowest BCUT2D eigenvalue weighted by Crippen LogP contribution is -2.34. The molecule has 2 aromatic rings. The Balaban J connectivity index is 2.01. The summed E-state index contributed by atoms with van der Waals surface area (Å²) in [5.41, 5.74) is 3.44. The second-order valence-corrected chi connectivity index (χ2v) is 5.64. The number of carbonyl (C=O) groups excluding carboxylic acids is 1. The fourth-order valence-electron chi connectivity index (χ4n) is 1.98. The summed E-state index contributed by atoms with van der Waals surface area (Å²) < 4.78 is 0. The van der Waals surface area contributed by atoms with E-state index < -0.39 is 0 Å². The lowest BCUT2D eigenvalue weighted by Gasteiger charge is -2.10. The van der Waals surface area contributed by atoms with Crippen molar-refractivity contribution in [2.45, 2.75) is 13.8 Å². The lowest BCUT2D eigenvalue weighted by atomic mass is 10.1. The maximum atomic E-state index is 12.1. The molecule has 0 radical (unpaired) electrons. The number of amides is 1. The predicted molar refractivity (Wildman–Crippen MR) is 91.1 cm³/mol. The van der Waals surface area contributed by atoms with Crippen LogP contribution in [0.25, 0.3) is 0 Å². The number of benzene rings is 2. The summed E-state index contributed by atoms with van der Waals surface area (Å²) in [7, 11) is 0. The van der Waals surface area contributed by atoms with Crippen LogP contribution in [-0.4, -0.2) is 11.0 Å². The molecule has 0 heterocycles. The molecule has 0 saturated heterocycles. The third kappa shape index (κ3) is 4.55. The minimum Gasteiger partial charge on any atom is -0.332 e. The molecule has 21 heavy (non-hydrogen) atoms. The van der Waals surface area contributed by atoms with E-state index in [9.17, 15) is 4.79 Å². The molecule has 0 aliphatic heterocycles. The molecule has 2 N–H and O–H groups in total. The normalized spacial score (nSPS) is 10.0. The monoisotopic (exact) mass is 318 g/mol. The van der Waals surface area contributed by atoms with Crippen molar-refractivity contribution in [3.8, 4) is 0 Å². The number of rotatable bonds is 2. The third-order valence-electron chi connectivity index (χ3n) is 2.81. The van der Waals surface area contributed by atoms with E-state index in [2.05, 4.69) is 10.6 Å². The van der Waals surface area contributed by atoms with Gasteiger partial charge in [-0.1, -0.05) is 28.8 Å². The van der Waals surface area contributed by atoms with Crippen LogP contribution < -0.4 is 10.6 Å². The first-order chi connectivity index (χ1) is 9.94. The number of thiocarbonyl (C=S) groups is 1. The molecular weight excluding hydrogens is 304 g/mol. The average molecular weight is 319 g/mol. The summed E-state index contributed by atoms with van der Waals surface area (Å²) in [5, 5.41) is 6.50. The Kier molecular flexibility index (Phi) is 4.94. The fourth-order valence-corrected chi connectivity index (χ4v) is 2.31. The zero-order valence-electron chi connectivity index (χ0n) is 11.7. The number of hydrogen-bond acceptors (Lipinski definition) is 2. The molecule has 0 aromatic heterocycles. The standard InChI is InChI=1S/C16H15ClN2OS/c1-10-7-11(2)9-12(8-10)15(20)19-16(21)18-14-5-3-13(17)4-6-14/h3-9H,1-2H3,(H2,18,19,20,21). The van der Waals surface area contributed by atoms with Crippen molar-refractivity contribution < 1.29 is 4.79 Å². The van der Waals surface area contributed by atoms with E-state index in [1.807, 2.05) is 32.0 Å². The topological polar surface area (TPSA) is 41.1 Å². The van der Waals surface area contributed by atoms with Crippen molar-refractivity contribution in [2.75, 3.05) is 5.32 Å². The summed E-state index contributed by atoms with van der Waals surface area (Å²) in [4.78, 5) is 12.1. The number of aryl methyl sites for hydroxylation is 2. The highest BCUT2D eigenvalue weighted by molar-refractivity contribution is 7.80. The van der Waals surface area contributed by atoms with Gasteiger partial charge in [-0.05, 0) is 62.5 Å². The highest BCUT2D eigenvalue weighted by Gasteiger charge is 2.09. The van der Waals surface area contributed by atoms with Gasteiger partial charge in [0.2, 0.25) is 0 Å². The van der Waals surface area contributed by atoms with Gasteiger partial charge in [0, 0.05) is 16.3 Å². The molecule has 2 aromatic carbocycles. The van der Waals surface area contributed by atoms with Gasteiger partial charge in [-0.25, -0.2) is 0 Å². The average Bonchev–Trinajstić information content (AvgIpc) is 2.40. The fraction of sp³-hybridized carbons (Fsp3) is 0.125. The van der Waals surface area contributed by atoms with Gasteiger partial charge in [0.05, 0.1) is 0 Å². The minimum atomic E-state index is -0.228. The van der Waals surface area contributed by atoms with Crippen LogP contribution in [0.2, 0.25) is 5.02 Å². The summed E-state index contributed by atoms with van der Waals surface area (Å²) in [6, 6.07) is 12.7. The van der Waals surface area contributed by atoms with Crippen LogP contribution in [-0.2, 0) is 0 Å². The first kappa shape index (κ1) is 15.5. The van der Waals surface area contributed by atoms with Crippen molar-refractivity contribution in [3.05, 3.63) is 64.2 Å². The van der Waals surface area contributed by atoms with Gasteiger partial charge in [-0.15, -0.1) is 0 Å². The summed E-state index contributed by atoms with van der Waals surface area (Å²) in [6.45, 7) is 3.90. The Hall–Kier alpha value is -1.91. The smallest absolute Gasteiger partial charge is 0.257 e. The largest absolute Gasteiger partial charge is 0.332 e. The SMILES string of the molecule is Cc1cc(C)cc(C(=O)NC(=S)Nc2ccc(Cl)cc2)c1. The molecule has 1 amide bonds. The van der Waals surface area contributed by atoms with E-state index in [0.29, 0.717) is 10.6 Å². The zero-order valence-corrected chi connectivity index (χ0v) is 13.3. The third-order valence-corrected chi connectivity index (χ3v) is 3.27. The first-order valence-corrected chi connectivity index (χ1v) is 7.19. The highest BCUT2D eigenvalue weighted by atomic mass is 35.5. The van der Waals surface area contributed by atoms with Gasteiger partial charge >= 0.3 is 0 Å². The Morgan fingerprint density at radius 3 is 2.19 bits per heavy atom.